The van der Waals surface area contributed by atoms with E-state index in [0.29, 0.717) is 6.42 Å². The summed E-state index contributed by atoms with van der Waals surface area (Å²) in [4.78, 5) is 13.7. The van der Waals surface area contributed by atoms with Crippen molar-refractivity contribution < 1.29 is 14.3 Å². The lowest BCUT2D eigenvalue weighted by atomic mass is 10.4. The SMILES string of the molecule is CCC(Cl)=N/C(C(=O)O)=C(\C)F. The van der Waals surface area contributed by atoms with Crippen molar-refractivity contribution in [3.8, 4) is 0 Å². The third-order valence-electron chi connectivity index (χ3n) is 1.05. The highest BCUT2D eigenvalue weighted by Crippen LogP contribution is 2.09. The summed E-state index contributed by atoms with van der Waals surface area (Å²) in [5.74, 6) is -2.27. The molecular weight excluding hydrogens is 185 g/mol. The van der Waals surface area contributed by atoms with Crippen LogP contribution in [0.4, 0.5) is 4.39 Å². The van der Waals surface area contributed by atoms with Gasteiger partial charge in [0, 0.05) is 0 Å². The maximum Gasteiger partial charge on any atom is 0.357 e. The van der Waals surface area contributed by atoms with Crippen LogP contribution in [0, 0.1) is 0 Å². The quantitative estimate of drug-likeness (QED) is 0.552. The van der Waals surface area contributed by atoms with E-state index in [1.54, 1.807) is 6.92 Å². The van der Waals surface area contributed by atoms with Gasteiger partial charge >= 0.3 is 5.97 Å². The summed E-state index contributed by atoms with van der Waals surface area (Å²) in [6, 6.07) is 0. The average molecular weight is 194 g/mol. The summed E-state index contributed by atoms with van der Waals surface area (Å²) >= 11 is 5.43. The first-order chi connectivity index (χ1) is 5.49. The second kappa shape index (κ2) is 4.87. The van der Waals surface area contributed by atoms with Crippen molar-refractivity contribution in [2.24, 2.45) is 4.99 Å². The maximum atomic E-state index is 12.4. The fourth-order valence-electron chi connectivity index (χ4n) is 0.473. The zero-order valence-corrected chi connectivity index (χ0v) is 7.52. The first kappa shape index (κ1) is 11.1. The molecule has 68 valence electrons. The molecule has 1 N–H and O–H groups in total. The van der Waals surface area contributed by atoms with E-state index in [1.165, 1.54) is 0 Å². The van der Waals surface area contributed by atoms with E-state index < -0.39 is 17.5 Å². The van der Waals surface area contributed by atoms with Gasteiger partial charge in [-0.3, -0.25) is 0 Å². The Morgan fingerprint density at radius 1 is 1.67 bits per heavy atom. The smallest absolute Gasteiger partial charge is 0.357 e. The van der Waals surface area contributed by atoms with Gasteiger partial charge in [-0.15, -0.1) is 0 Å². The normalized spacial score (nSPS) is 14.2. The molecule has 0 saturated carbocycles. The Kier molecular flexibility index (Phi) is 4.51. The maximum absolute atomic E-state index is 12.4. The van der Waals surface area contributed by atoms with Crippen LogP contribution in [0.2, 0.25) is 0 Å². The highest BCUT2D eigenvalue weighted by atomic mass is 35.5. The summed E-state index contributed by atoms with van der Waals surface area (Å²) < 4.78 is 12.4. The molecule has 0 aliphatic rings. The van der Waals surface area contributed by atoms with Crippen LogP contribution in [0.5, 0.6) is 0 Å². The first-order valence-electron chi connectivity index (χ1n) is 3.31. The van der Waals surface area contributed by atoms with Crippen LogP contribution in [0.15, 0.2) is 16.5 Å². The molecule has 0 aromatic heterocycles. The van der Waals surface area contributed by atoms with Gasteiger partial charge < -0.3 is 5.11 Å². The molecule has 0 aromatic rings. The molecule has 0 rings (SSSR count). The van der Waals surface area contributed by atoms with Crippen LogP contribution in [0.1, 0.15) is 20.3 Å². The van der Waals surface area contributed by atoms with Crippen molar-refractivity contribution in [2.45, 2.75) is 20.3 Å². The molecule has 0 amide bonds. The minimum absolute atomic E-state index is 0.0735. The van der Waals surface area contributed by atoms with Crippen LogP contribution in [0.25, 0.3) is 0 Å². The number of aliphatic imine (C=N–C) groups is 1. The molecule has 5 heteroatoms. The summed E-state index contributed by atoms with van der Waals surface area (Å²) in [5, 5.41) is 8.50. The van der Waals surface area contributed by atoms with Gasteiger partial charge in [-0.1, -0.05) is 18.5 Å². The van der Waals surface area contributed by atoms with Crippen LogP contribution < -0.4 is 0 Å². The molecule has 0 aromatic carbocycles. The minimum atomic E-state index is -1.42. The predicted octanol–water partition coefficient (Wildman–Crippen LogP) is 2.32. The van der Waals surface area contributed by atoms with Gasteiger partial charge in [0.25, 0.3) is 0 Å². The van der Waals surface area contributed by atoms with E-state index in [9.17, 15) is 9.18 Å². The lowest BCUT2D eigenvalue weighted by Gasteiger charge is -1.95. The van der Waals surface area contributed by atoms with Crippen molar-refractivity contribution in [1.29, 1.82) is 0 Å². The monoisotopic (exact) mass is 193 g/mol. The lowest BCUT2D eigenvalue weighted by molar-refractivity contribution is -0.132. The van der Waals surface area contributed by atoms with Gasteiger partial charge in [-0.2, -0.15) is 0 Å². The van der Waals surface area contributed by atoms with Crippen LogP contribution in [0.3, 0.4) is 0 Å². The topological polar surface area (TPSA) is 49.7 Å². The summed E-state index contributed by atoms with van der Waals surface area (Å²) in [7, 11) is 0. The first-order valence-corrected chi connectivity index (χ1v) is 3.69. The van der Waals surface area contributed by atoms with E-state index in [-0.39, 0.29) is 5.17 Å². The molecule has 0 saturated heterocycles. The average Bonchev–Trinajstić information content (AvgIpc) is 1.98. The molecule has 0 bridgehead atoms. The van der Waals surface area contributed by atoms with E-state index in [4.69, 9.17) is 16.7 Å². The Morgan fingerprint density at radius 2 is 2.17 bits per heavy atom. The molecule has 12 heavy (non-hydrogen) atoms. The Labute approximate surface area is 74.6 Å². The van der Waals surface area contributed by atoms with Gasteiger partial charge in [0.05, 0.1) is 0 Å². The number of carboxylic acid groups (broad SMARTS) is 1. The fraction of sp³-hybridized carbons (Fsp3) is 0.429. The van der Waals surface area contributed by atoms with E-state index in [2.05, 4.69) is 4.99 Å². The lowest BCUT2D eigenvalue weighted by Crippen LogP contribution is -2.01. The van der Waals surface area contributed by atoms with Gasteiger partial charge in [-0.05, 0) is 13.3 Å². The number of allylic oxidation sites excluding steroid dienone is 1. The second-order valence-electron chi connectivity index (χ2n) is 2.03. The van der Waals surface area contributed by atoms with Crippen molar-refractivity contribution in [1.82, 2.24) is 0 Å². The Bertz CT molecular complexity index is 244. The van der Waals surface area contributed by atoms with Gasteiger partial charge in [0.15, 0.2) is 5.70 Å². The third kappa shape index (κ3) is 3.48. The Balaban J connectivity index is 4.82. The molecule has 0 unspecified atom stereocenters. The highest BCUT2D eigenvalue weighted by molar-refractivity contribution is 6.65. The zero-order valence-electron chi connectivity index (χ0n) is 6.77. The summed E-state index contributed by atoms with van der Waals surface area (Å²) in [6.45, 7) is 2.71. The van der Waals surface area contributed by atoms with Gasteiger partial charge in [-0.25, -0.2) is 14.2 Å². The number of halogens is 2. The van der Waals surface area contributed by atoms with E-state index in [1.807, 2.05) is 0 Å². The predicted molar refractivity (Wildman–Crippen MR) is 45.0 cm³/mol. The number of carboxylic acids is 1. The molecule has 0 fully saturated rings. The number of nitrogens with zero attached hydrogens (tertiary/aromatic N) is 1. The summed E-state index contributed by atoms with van der Waals surface area (Å²) in [5.41, 5.74) is -0.637. The number of hydrogen-bond donors (Lipinski definition) is 1. The van der Waals surface area contributed by atoms with Gasteiger partial charge in [0.1, 0.15) is 11.0 Å². The molecular formula is C7H9ClFNO2. The van der Waals surface area contributed by atoms with Crippen molar-refractivity contribution in [3.05, 3.63) is 11.5 Å². The fourth-order valence-corrected chi connectivity index (χ4v) is 0.557. The molecule has 0 aliphatic carbocycles. The minimum Gasteiger partial charge on any atom is -0.476 e. The summed E-state index contributed by atoms with van der Waals surface area (Å²) in [6.07, 6.45) is 0.381. The van der Waals surface area contributed by atoms with E-state index in [0.717, 1.165) is 6.92 Å². The number of carbonyl (C=O) groups is 1. The van der Waals surface area contributed by atoms with Crippen molar-refractivity contribution in [2.75, 3.05) is 0 Å². The number of rotatable bonds is 3. The largest absolute Gasteiger partial charge is 0.476 e. The molecule has 3 nitrogen and oxygen atoms in total. The van der Waals surface area contributed by atoms with Crippen molar-refractivity contribution in [3.63, 3.8) is 0 Å². The standard InChI is InChI=1S/C7H9ClFNO2/c1-3-5(8)10-6(4(2)9)7(11)12/h3H2,1-2H3,(H,11,12)/b6-4+,10-5?. The zero-order chi connectivity index (χ0) is 9.72. The third-order valence-corrected chi connectivity index (χ3v) is 1.41. The molecule has 0 spiro atoms. The molecule has 0 radical (unpaired) electrons. The second-order valence-corrected chi connectivity index (χ2v) is 2.47. The van der Waals surface area contributed by atoms with E-state index >= 15 is 0 Å². The number of hydrogen-bond acceptors (Lipinski definition) is 2. The molecule has 0 atom stereocenters. The number of aliphatic carboxylic acids is 1. The van der Waals surface area contributed by atoms with Crippen molar-refractivity contribution >= 4 is 22.7 Å². The molecule has 0 heterocycles. The van der Waals surface area contributed by atoms with Gasteiger partial charge in [0.2, 0.25) is 0 Å². The van der Waals surface area contributed by atoms with Crippen LogP contribution in [-0.4, -0.2) is 16.2 Å². The molecule has 0 aliphatic heterocycles. The van der Waals surface area contributed by atoms with Crippen LogP contribution in [-0.2, 0) is 4.79 Å². The Morgan fingerprint density at radius 3 is 2.42 bits per heavy atom. The van der Waals surface area contributed by atoms with Crippen LogP contribution >= 0.6 is 11.6 Å². The highest BCUT2D eigenvalue weighted by Gasteiger charge is 2.10. The Hall–Kier alpha value is -0.900.